The van der Waals surface area contributed by atoms with Crippen molar-refractivity contribution >= 4 is 22.9 Å². The maximum absolute atomic E-state index is 5.52. The van der Waals surface area contributed by atoms with E-state index in [0.29, 0.717) is 4.99 Å². The largest absolute Gasteiger partial charge is 0.496 e. The second-order valence-corrected chi connectivity index (χ2v) is 5.76. The van der Waals surface area contributed by atoms with Crippen molar-refractivity contribution in [3.8, 4) is 5.75 Å². The number of fused-ring (bicyclic) bond motifs is 1. The van der Waals surface area contributed by atoms with E-state index in [4.69, 9.17) is 17.0 Å². The number of rotatable bonds is 4. The van der Waals surface area contributed by atoms with Gasteiger partial charge in [-0.15, -0.1) is 0 Å². The van der Waals surface area contributed by atoms with Crippen LogP contribution in [0, 0.1) is 0 Å². The van der Waals surface area contributed by atoms with Gasteiger partial charge in [0.25, 0.3) is 0 Å². The number of aryl methyl sites for hydroxylation is 1. The summed E-state index contributed by atoms with van der Waals surface area (Å²) in [6.45, 7) is 3.08. The topological polar surface area (TPSA) is 42.3 Å². The van der Waals surface area contributed by atoms with Crippen LogP contribution in [0.25, 0.3) is 0 Å². The fourth-order valence-corrected chi connectivity index (χ4v) is 3.14. The van der Waals surface area contributed by atoms with Gasteiger partial charge in [-0.05, 0) is 12.5 Å². The second-order valence-electron chi connectivity index (χ2n) is 5.35. The molecule has 0 saturated carbocycles. The number of anilines is 1. The third-order valence-electron chi connectivity index (χ3n) is 3.81. The molecular formula is C16H20N4OS. The average Bonchev–Trinajstić information content (AvgIpc) is 2.92. The number of para-hydroxylation sites is 1. The molecule has 2 aromatic rings. The van der Waals surface area contributed by atoms with Gasteiger partial charge in [-0.25, -0.2) is 0 Å². The van der Waals surface area contributed by atoms with Crippen molar-refractivity contribution in [3.05, 3.63) is 41.7 Å². The van der Waals surface area contributed by atoms with E-state index in [1.54, 1.807) is 7.11 Å². The first-order valence-corrected chi connectivity index (χ1v) is 7.80. The molecule has 1 aliphatic rings. The average molecular weight is 316 g/mol. The zero-order valence-corrected chi connectivity index (χ0v) is 13.9. The Morgan fingerprint density at radius 2 is 2.14 bits per heavy atom. The zero-order chi connectivity index (χ0) is 15.7. The highest BCUT2D eigenvalue weighted by Gasteiger charge is 2.33. The number of hydrogen-bond acceptors (Lipinski definition) is 4. The van der Waals surface area contributed by atoms with Gasteiger partial charge in [-0.2, -0.15) is 5.10 Å². The molecule has 5 nitrogen and oxygen atoms in total. The SMILES string of the molecule is CCCN1c2cn(C)nc2C(=S)NC1c1ccccc1OC. The Kier molecular flexibility index (Phi) is 4.02. The van der Waals surface area contributed by atoms with Crippen LogP contribution in [0.5, 0.6) is 5.75 Å². The van der Waals surface area contributed by atoms with Crippen LogP contribution in [0.2, 0.25) is 0 Å². The van der Waals surface area contributed by atoms with Crippen molar-refractivity contribution < 1.29 is 4.74 Å². The molecule has 1 aromatic carbocycles. The number of hydrogen-bond donors (Lipinski definition) is 1. The quantitative estimate of drug-likeness (QED) is 0.878. The molecule has 1 aromatic heterocycles. The molecule has 1 atom stereocenters. The lowest BCUT2D eigenvalue weighted by atomic mass is 10.1. The van der Waals surface area contributed by atoms with E-state index in [9.17, 15) is 0 Å². The number of nitrogens with zero attached hydrogens (tertiary/aromatic N) is 3. The first kappa shape index (κ1) is 14.8. The number of methoxy groups -OCH3 is 1. The molecule has 6 heteroatoms. The van der Waals surface area contributed by atoms with Crippen molar-refractivity contribution in [2.45, 2.75) is 19.5 Å². The zero-order valence-electron chi connectivity index (χ0n) is 13.0. The van der Waals surface area contributed by atoms with Crippen LogP contribution in [0.3, 0.4) is 0 Å². The van der Waals surface area contributed by atoms with Gasteiger partial charge in [0.15, 0.2) is 0 Å². The third-order valence-corrected chi connectivity index (χ3v) is 4.12. The standard InChI is InChI=1S/C16H20N4OS/c1-4-9-20-12-10-19(2)18-14(12)16(22)17-15(20)11-7-5-6-8-13(11)21-3/h5-8,10,15H,4,9H2,1-3H3,(H,17,22). The molecule has 0 bridgehead atoms. The maximum Gasteiger partial charge on any atom is 0.143 e. The highest BCUT2D eigenvalue weighted by atomic mass is 32.1. The molecule has 22 heavy (non-hydrogen) atoms. The Morgan fingerprint density at radius 3 is 2.86 bits per heavy atom. The minimum Gasteiger partial charge on any atom is -0.496 e. The predicted octanol–water partition coefficient (Wildman–Crippen LogP) is 2.62. The molecule has 1 aliphatic heterocycles. The molecule has 0 amide bonds. The van der Waals surface area contributed by atoms with Gasteiger partial charge >= 0.3 is 0 Å². The fourth-order valence-electron chi connectivity index (χ4n) is 2.89. The van der Waals surface area contributed by atoms with Crippen molar-refractivity contribution in [1.82, 2.24) is 15.1 Å². The lowest BCUT2D eigenvalue weighted by molar-refractivity contribution is 0.401. The number of ether oxygens (including phenoxy) is 1. The van der Waals surface area contributed by atoms with Gasteiger partial charge in [0, 0.05) is 25.4 Å². The van der Waals surface area contributed by atoms with E-state index in [1.165, 1.54) is 0 Å². The van der Waals surface area contributed by atoms with Crippen LogP contribution < -0.4 is 15.0 Å². The van der Waals surface area contributed by atoms with Crippen molar-refractivity contribution in [2.24, 2.45) is 7.05 Å². The molecule has 1 unspecified atom stereocenters. The summed E-state index contributed by atoms with van der Waals surface area (Å²) in [4.78, 5) is 2.98. The van der Waals surface area contributed by atoms with Crippen LogP contribution in [0.4, 0.5) is 5.69 Å². The van der Waals surface area contributed by atoms with E-state index in [-0.39, 0.29) is 6.17 Å². The lowest BCUT2D eigenvalue weighted by Gasteiger charge is -2.38. The Labute approximate surface area is 135 Å². The number of benzene rings is 1. The van der Waals surface area contributed by atoms with Crippen molar-refractivity contribution in [3.63, 3.8) is 0 Å². The molecule has 0 saturated heterocycles. The molecule has 1 N–H and O–H groups in total. The van der Waals surface area contributed by atoms with E-state index in [0.717, 1.165) is 35.7 Å². The van der Waals surface area contributed by atoms with E-state index >= 15 is 0 Å². The smallest absolute Gasteiger partial charge is 0.143 e. The van der Waals surface area contributed by atoms with Crippen LogP contribution in [-0.4, -0.2) is 28.4 Å². The van der Waals surface area contributed by atoms with E-state index in [2.05, 4.69) is 28.3 Å². The van der Waals surface area contributed by atoms with Gasteiger partial charge < -0.3 is 15.0 Å². The second kappa shape index (κ2) is 5.96. The highest BCUT2D eigenvalue weighted by molar-refractivity contribution is 7.80. The Hall–Kier alpha value is -2.08. The Balaban J connectivity index is 2.09. The lowest BCUT2D eigenvalue weighted by Crippen LogP contribution is -2.46. The van der Waals surface area contributed by atoms with Gasteiger partial charge in [0.2, 0.25) is 0 Å². The molecule has 0 radical (unpaired) electrons. The highest BCUT2D eigenvalue weighted by Crippen LogP contribution is 2.36. The molecular weight excluding hydrogens is 296 g/mol. The first-order chi connectivity index (χ1) is 10.7. The summed E-state index contributed by atoms with van der Waals surface area (Å²) in [5.74, 6) is 0.858. The van der Waals surface area contributed by atoms with Gasteiger partial charge in [0.1, 0.15) is 22.6 Å². The first-order valence-electron chi connectivity index (χ1n) is 7.39. The van der Waals surface area contributed by atoms with Gasteiger partial charge in [-0.3, -0.25) is 4.68 Å². The minimum absolute atomic E-state index is 0.0414. The van der Waals surface area contributed by atoms with Crippen molar-refractivity contribution in [1.29, 1.82) is 0 Å². The Morgan fingerprint density at radius 1 is 1.36 bits per heavy atom. The van der Waals surface area contributed by atoms with E-state index < -0.39 is 0 Å². The Bertz CT molecular complexity index is 697. The molecule has 0 fully saturated rings. The molecule has 116 valence electrons. The summed E-state index contributed by atoms with van der Waals surface area (Å²) in [5.41, 5.74) is 3.00. The maximum atomic E-state index is 5.52. The number of aromatic nitrogens is 2. The fraction of sp³-hybridized carbons (Fsp3) is 0.375. The summed E-state index contributed by atoms with van der Waals surface area (Å²) in [5, 5.41) is 7.89. The minimum atomic E-state index is -0.0414. The van der Waals surface area contributed by atoms with Gasteiger partial charge in [-0.1, -0.05) is 37.3 Å². The monoisotopic (exact) mass is 316 g/mol. The van der Waals surface area contributed by atoms with Crippen LogP contribution >= 0.6 is 12.2 Å². The van der Waals surface area contributed by atoms with Crippen LogP contribution in [0.1, 0.15) is 30.8 Å². The summed E-state index contributed by atoms with van der Waals surface area (Å²) in [6, 6.07) is 8.04. The normalized spacial score (nSPS) is 17.1. The van der Waals surface area contributed by atoms with Crippen LogP contribution in [-0.2, 0) is 7.05 Å². The van der Waals surface area contributed by atoms with Crippen molar-refractivity contribution in [2.75, 3.05) is 18.6 Å². The molecule has 3 rings (SSSR count). The summed E-state index contributed by atoms with van der Waals surface area (Å²) < 4.78 is 7.33. The van der Waals surface area contributed by atoms with Gasteiger partial charge in [0.05, 0.1) is 12.8 Å². The molecule has 2 heterocycles. The predicted molar refractivity (Wildman–Crippen MR) is 91.4 cm³/mol. The van der Waals surface area contributed by atoms with Crippen LogP contribution in [0.15, 0.2) is 30.5 Å². The number of thiocarbonyl (C=S) groups is 1. The number of nitrogens with one attached hydrogen (secondary N) is 1. The molecule has 0 aliphatic carbocycles. The summed E-state index contributed by atoms with van der Waals surface area (Å²) in [6.07, 6.45) is 3.02. The summed E-state index contributed by atoms with van der Waals surface area (Å²) in [7, 11) is 3.61. The third kappa shape index (κ3) is 2.43. The van der Waals surface area contributed by atoms with E-state index in [1.807, 2.05) is 36.1 Å². The molecule has 0 spiro atoms. The summed E-state index contributed by atoms with van der Waals surface area (Å²) >= 11 is 5.51.